The predicted molar refractivity (Wildman–Crippen MR) is 98.6 cm³/mol. The number of imidazole rings is 1. The van der Waals surface area contributed by atoms with Crippen molar-refractivity contribution in [3.63, 3.8) is 0 Å². The maximum Gasteiger partial charge on any atom is 0.211 e. The highest BCUT2D eigenvalue weighted by atomic mass is 32.1. The summed E-state index contributed by atoms with van der Waals surface area (Å²) in [5.74, 6) is 1.21. The highest BCUT2D eigenvalue weighted by Gasteiger charge is 2.47. The topological polar surface area (TPSA) is 50.5 Å². The second-order valence-electron chi connectivity index (χ2n) is 6.99. The number of hydrogen-bond acceptors (Lipinski definition) is 5. The molecule has 1 fully saturated rings. The van der Waals surface area contributed by atoms with Crippen LogP contribution in [0.4, 0.5) is 5.95 Å². The van der Waals surface area contributed by atoms with Crippen LogP contribution in [0.15, 0.2) is 47.8 Å². The first-order chi connectivity index (χ1) is 12.2. The Bertz CT molecular complexity index is 988. The number of nitrogens with zero attached hydrogens (tertiary/aromatic N) is 4. The molecule has 1 aliphatic carbocycles. The summed E-state index contributed by atoms with van der Waals surface area (Å²) in [5.41, 5.74) is 2.72. The van der Waals surface area contributed by atoms with Gasteiger partial charge in [0.25, 0.3) is 0 Å². The summed E-state index contributed by atoms with van der Waals surface area (Å²) in [6.07, 6.45) is 8.03. The fraction of sp³-hybridized carbons (Fsp3) is 0.316. The minimum atomic E-state index is -0.224. The van der Waals surface area contributed by atoms with Gasteiger partial charge in [-0.15, -0.1) is 12.6 Å². The maximum atomic E-state index is 13.0. The summed E-state index contributed by atoms with van der Waals surface area (Å²) in [6, 6.07) is 8.06. The predicted octanol–water partition coefficient (Wildman–Crippen LogP) is 3.04. The number of thiol groups is 1. The van der Waals surface area contributed by atoms with Gasteiger partial charge in [0, 0.05) is 42.7 Å². The van der Waals surface area contributed by atoms with Gasteiger partial charge >= 0.3 is 0 Å². The Balaban J connectivity index is 1.43. The van der Waals surface area contributed by atoms with Crippen LogP contribution in [0.1, 0.15) is 28.8 Å². The van der Waals surface area contributed by atoms with Gasteiger partial charge in [-0.2, -0.15) is 0 Å². The molecule has 2 aromatic heterocycles. The summed E-state index contributed by atoms with van der Waals surface area (Å²) >= 11 is 4.43. The van der Waals surface area contributed by atoms with Crippen LogP contribution in [-0.4, -0.2) is 33.2 Å². The molecule has 0 unspecified atom stereocenters. The molecule has 5 rings (SSSR count). The Morgan fingerprint density at radius 1 is 1.12 bits per heavy atom. The number of piperidine rings is 1. The lowest BCUT2D eigenvalue weighted by atomic mass is 9.75. The third-order valence-corrected chi connectivity index (χ3v) is 5.98. The molecule has 1 aliphatic heterocycles. The Hall–Kier alpha value is -2.34. The number of carbonyl (C=O) groups excluding carboxylic acids is 1. The van der Waals surface area contributed by atoms with E-state index < -0.39 is 0 Å². The maximum absolute atomic E-state index is 13.0. The number of aromatic nitrogens is 3. The molecule has 25 heavy (non-hydrogen) atoms. The molecule has 2 aliphatic rings. The summed E-state index contributed by atoms with van der Waals surface area (Å²) in [6.45, 7) is 1.65. The number of benzene rings is 1. The first-order valence-corrected chi connectivity index (χ1v) is 9.01. The van der Waals surface area contributed by atoms with Gasteiger partial charge in [0.1, 0.15) is 0 Å². The van der Waals surface area contributed by atoms with Crippen molar-refractivity contribution in [2.24, 2.45) is 5.41 Å². The lowest BCUT2D eigenvalue weighted by molar-refractivity contribution is 0.0774. The van der Waals surface area contributed by atoms with Crippen LogP contribution in [0, 0.1) is 5.41 Å². The van der Waals surface area contributed by atoms with E-state index in [-0.39, 0.29) is 5.41 Å². The average Bonchev–Trinajstić information content (AvgIpc) is 3.22. The zero-order valence-corrected chi connectivity index (χ0v) is 14.6. The lowest BCUT2D eigenvalue weighted by Gasteiger charge is -2.38. The van der Waals surface area contributed by atoms with Crippen LogP contribution in [0.5, 0.6) is 0 Å². The second-order valence-corrected chi connectivity index (χ2v) is 7.48. The zero-order valence-electron chi connectivity index (χ0n) is 13.7. The zero-order chi connectivity index (χ0) is 17.0. The molecular formula is C19H18N4OS. The van der Waals surface area contributed by atoms with Crippen molar-refractivity contribution < 1.29 is 4.79 Å². The number of hydrogen-bond donors (Lipinski definition) is 1. The van der Waals surface area contributed by atoms with Gasteiger partial charge in [-0.25, -0.2) is 9.97 Å². The molecule has 1 saturated heterocycles. The third-order valence-electron chi connectivity index (χ3n) is 5.66. The molecular weight excluding hydrogens is 332 g/mol. The molecule has 1 aromatic carbocycles. The molecule has 0 bridgehead atoms. The fourth-order valence-electron chi connectivity index (χ4n) is 4.29. The second kappa shape index (κ2) is 5.33. The number of anilines is 1. The van der Waals surface area contributed by atoms with E-state index in [0.29, 0.717) is 5.78 Å². The number of rotatable bonds is 1. The van der Waals surface area contributed by atoms with E-state index in [1.165, 1.54) is 5.56 Å². The van der Waals surface area contributed by atoms with Gasteiger partial charge in [-0.1, -0.05) is 24.3 Å². The minimum Gasteiger partial charge on any atom is -0.342 e. The standard InChI is InChI=1S/C19H18N4OS/c24-16-14-4-2-1-3-13(14)11-19(16)5-8-22(9-6-19)18-21-12-15(25)17-20-7-10-23(17)18/h1-4,7,10,12,25H,5-6,8-9,11H2. The van der Waals surface area contributed by atoms with Crippen molar-refractivity contribution in [2.75, 3.05) is 18.0 Å². The van der Waals surface area contributed by atoms with Gasteiger partial charge in [-0.05, 0) is 24.8 Å². The van der Waals surface area contributed by atoms with Gasteiger partial charge in [0.2, 0.25) is 5.95 Å². The molecule has 3 aromatic rings. The van der Waals surface area contributed by atoms with Gasteiger partial charge in [-0.3, -0.25) is 9.20 Å². The summed E-state index contributed by atoms with van der Waals surface area (Å²) in [5, 5.41) is 0. The van der Waals surface area contributed by atoms with Crippen LogP contribution in [0.2, 0.25) is 0 Å². The summed E-state index contributed by atoms with van der Waals surface area (Å²) in [7, 11) is 0. The molecule has 6 heteroatoms. The third kappa shape index (κ3) is 2.13. The van der Waals surface area contributed by atoms with E-state index >= 15 is 0 Å². The highest BCUT2D eigenvalue weighted by Crippen LogP contribution is 2.44. The number of ketones is 1. The lowest BCUT2D eigenvalue weighted by Crippen LogP contribution is -2.44. The van der Waals surface area contributed by atoms with Crippen molar-refractivity contribution in [3.8, 4) is 0 Å². The van der Waals surface area contributed by atoms with Gasteiger partial charge < -0.3 is 4.90 Å². The van der Waals surface area contributed by atoms with E-state index in [1.807, 2.05) is 28.8 Å². The van der Waals surface area contributed by atoms with Crippen molar-refractivity contribution in [2.45, 2.75) is 24.2 Å². The van der Waals surface area contributed by atoms with Crippen molar-refractivity contribution in [3.05, 3.63) is 54.0 Å². The highest BCUT2D eigenvalue weighted by molar-refractivity contribution is 7.80. The van der Waals surface area contributed by atoms with Crippen LogP contribution in [-0.2, 0) is 6.42 Å². The molecule has 0 atom stereocenters. The number of fused-ring (bicyclic) bond motifs is 2. The summed E-state index contributed by atoms with van der Waals surface area (Å²) in [4.78, 5) is 24.9. The van der Waals surface area contributed by atoms with E-state index in [0.717, 1.165) is 54.4 Å². The number of carbonyl (C=O) groups is 1. The normalized spacial score (nSPS) is 18.9. The number of Topliss-reactive ketones (excluding diaryl/α,β-unsaturated/α-hetero) is 1. The van der Waals surface area contributed by atoms with Crippen molar-refractivity contribution >= 4 is 30.0 Å². The molecule has 0 amide bonds. The average molecular weight is 350 g/mol. The van der Waals surface area contributed by atoms with Crippen LogP contribution in [0.25, 0.3) is 5.65 Å². The Labute approximate surface area is 151 Å². The van der Waals surface area contributed by atoms with Gasteiger partial charge in [0.05, 0.1) is 4.90 Å². The SMILES string of the molecule is O=C1c2ccccc2CC12CCN(c1ncc(S)c3nccn13)CC2. The Kier molecular flexibility index (Phi) is 3.19. The van der Waals surface area contributed by atoms with E-state index in [1.54, 1.807) is 12.4 Å². The smallest absolute Gasteiger partial charge is 0.211 e. The fourth-order valence-corrected chi connectivity index (χ4v) is 4.52. The van der Waals surface area contributed by atoms with Crippen LogP contribution >= 0.6 is 12.6 Å². The molecule has 5 nitrogen and oxygen atoms in total. The van der Waals surface area contributed by atoms with Crippen LogP contribution < -0.4 is 4.90 Å². The minimum absolute atomic E-state index is 0.224. The quantitative estimate of drug-likeness (QED) is 0.686. The van der Waals surface area contributed by atoms with E-state index in [2.05, 4.69) is 33.6 Å². The summed E-state index contributed by atoms with van der Waals surface area (Å²) < 4.78 is 1.98. The molecule has 3 heterocycles. The molecule has 0 radical (unpaired) electrons. The molecule has 1 spiro atoms. The van der Waals surface area contributed by atoms with E-state index in [9.17, 15) is 4.79 Å². The van der Waals surface area contributed by atoms with E-state index in [4.69, 9.17) is 0 Å². The van der Waals surface area contributed by atoms with Crippen LogP contribution in [0.3, 0.4) is 0 Å². The van der Waals surface area contributed by atoms with Crippen molar-refractivity contribution in [1.29, 1.82) is 0 Å². The van der Waals surface area contributed by atoms with Gasteiger partial charge in [0.15, 0.2) is 11.4 Å². The molecule has 126 valence electrons. The molecule has 0 N–H and O–H groups in total. The first kappa shape index (κ1) is 15.0. The first-order valence-electron chi connectivity index (χ1n) is 8.57. The van der Waals surface area contributed by atoms with Crippen molar-refractivity contribution in [1.82, 2.24) is 14.4 Å². The molecule has 0 saturated carbocycles. The largest absolute Gasteiger partial charge is 0.342 e. The Morgan fingerprint density at radius 2 is 1.92 bits per heavy atom. The Morgan fingerprint density at radius 3 is 2.72 bits per heavy atom. The monoisotopic (exact) mass is 350 g/mol.